The highest BCUT2D eigenvalue weighted by atomic mass is 16.5. The van der Waals surface area contributed by atoms with Crippen molar-refractivity contribution in [2.75, 3.05) is 20.3 Å². The van der Waals surface area contributed by atoms with Crippen LogP contribution in [0.25, 0.3) is 0 Å². The highest BCUT2D eigenvalue weighted by molar-refractivity contribution is 5.81. The molecule has 6 nitrogen and oxygen atoms in total. The molecular weight excluding hydrogens is 220 g/mol. The zero-order valence-corrected chi connectivity index (χ0v) is 10.1. The molecule has 1 unspecified atom stereocenters. The van der Waals surface area contributed by atoms with E-state index in [9.17, 15) is 4.79 Å². The van der Waals surface area contributed by atoms with Gasteiger partial charge in [0.15, 0.2) is 0 Å². The quantitative estimate of drug-likeness (QED) is 0.550. The second-order valence-electron chi connectivity index (χ2n) is 3.82. The fourth-order valence-electron chi connectivity index (χ4n) is 1.41. The van der Waals surface area contributed by atoms with E-state index >= 15 is 0 Å². The predicted octanol–water partition coefficient (Wildman–Crippen LogP) is -0.178. The zero-order chi connectivity index (χ0) is 12.5. The number of amides is 1. The molecule has 0 aliphatic rings. The van der Waals surface area contributed by atoms with E-state index in [2.05, 4.69) is 15.3 Å². The Hall–Kier alpha value is -1.40. The number of aromatic nitrogens is 2. The largest absolute Gasteiger partial charge is 0.385 e. The highest BCUT2D eigenvalue weighted by Crippen LogP contribution is 1.94. The third kappa shape index (κ3) is 5.46. The van der Waals surface area contributed by atoms with E-state index in [-0.39, 0.29) is 5.91 Å². The molecule has 96 valence electrons. The number of ether oxygens (including phenoxy) is 1. The third-order valence-corrected chi connectivity index (χ3v) is 2.41. The molecule has 0 aliphatic carbocycles. The summed E-state index contributed by atoms with van der Waals surface area (Å²) in [6, 6.07) is -0.487. The van der Waals surface area contributed by atoms with Crippen molar-refractivity contribution >= 4 is 5.91 Å². The van der Waals surface area contributed by atoms with E-state index in [4.69, 9.17) is 10.5 Å². The smallest absolute Gasteiger partial charge is 0.237 e. The number of carbonyl (C=O) groups is 1. The van der Waals surface area contributed by atoms with Crippen LogP contribution in [0.3, 0.4) is 0 Å². The van der Waals surface area contributed by atoms with Crippen LogP contribution in [0.15, 0.2) is 12.4 Å². The molecule has 17 heavy (non-hydrogen) atoms. The van der Waals surface area contributed by atoms with Gasteiger partial charge in [-0.1, -0.05) is 0 Å². The lowest BCUT2D eigenvalue weighted by atomic mass is 10.2. The van der Waals surface area contributed by atoms with Gasteiger partial charge in [0, 0.05) is 39.1 Å². The minimum Gasteiger partial charge on any atom is -0.385 e. The topological polar surface area (TPSA) is 93.0 Å². The Morgan fingerprint density at radius 3 is 3.18 bits per heavy atom. The first-order valence-corrected chi connectivity index (χ1v) is 5.74. The van der Waals surface area contributed by atoms with Crippen LogP contribution in [-0.4, -0.2) is 42.2 Å². The molecule has 0 aliphatic heterocycles. The summed E-state index contributed by atoms with van der Waals surface area (Å²) in [7, 11) is 1.59. The van der Waals surface area contributed by atoms with Crippen molar-refractivity contribution in [3.05, 3.63) is 18.2 Å². The number of nitrogens with two attached hydrogens (primary N) is 1. The Balaban J connectivity index is 2.07. The van der Waals surface area contributed by atoms with Crippen molar-refractivity contribution in [3.63, 3.8) is 0 Å². The molecule has 1 heterocycles. The summed E-state index contributed by atoms with van der Waals surface area (Å²) in [5, 5.41) is 2.79. The summed E-state index contributed by atoms with van der Waals surface area (Å²) < 4.78 is 4.86. The Labute approximate surface area is 101 Å². The number of methoxy groups -OCH3 is 1. The normalized spacial score (nSPS) is 12.4. The summed E-state index contributed by atoms with van der Waals surface area (Å²) in [4.78, 5) is 18.6. The maximum absolute atomic E-state index is 11.5. The molecule has 0 aromatic carbocycles. The Morgan fingerprint density at radius 1 is 1.71 bits per heavy atom. The molecule has 1 rings (SSSR count). The summed E-state index contributed by atoms with van der Waals surface area (Å²) in [5.41, 5.74) is 5.67. The van der Waals surface area contributed by atoms with Crippen molar-refractivity contribution in [2.24, 2.45) is 5.73 Å². The molecule has 6 heteroatoms. The lowest BCUT2D eigenvalue weighted by molar-refractivity contribution is -0.122. The van der Waals surface area contributed by atoms with Crippen LogP contribution in [0.1, 0.15) is 18.7 Å². The minimum atomic E-state index is -0.487. The first-order chi connectivity index (χ1) is 8.24. The zero-order valence-electron chi connectivity index (χ0n) is 10.1. The standard InChI is InChI=1S/C11H20N4O2/c1-17-8-4-9(12)11(16)15-5-2-3-10-13-6-7-14-10/h6-7,9H,2-5,8,12H2,1H3,(H,13,14)(H,15,16). The van der Waals surface area contributed by atoms with Crippen molar-refractivity contribution in [1.82, 2.24) is 15.3 Å². The molecule has 0 radical (unpaired) electrons. The van der Waals surface area contributed by atoms with E-state index < -0.39 is 6.04 Å². The molecule has 1 atom stereocenters. The third-order valence-electron chi connectivity index (χ3n) is 2.41. The molecule has 0 fully saturated rings. The number of rotatable bonds is 8. The highest BCUT2D eigenvalue weighted by Gasteiger charge is 2.11. The number of carbonyl (C=O) groups excluding carboxylic acids is 1. The Morgan fingerprint density at radius 2 is 2.53 bits per heavy atom. The van der Waals surface area contributed by atoms with Crippen LogP contribution in [0.4, 0.5) is 0 Å². The number of aryl methyl sites for hydroxylation is 1. The molecule has 1 aromatic rings. The molecule has 0 spiro atoms. The van der Waals surface area contributed by atoms with Gasteiger partial charge < -0.3 is 20.8 Å². The van der Waals surface area contributed by atoms with Gasteiger partial charge in [0.25, 0.3) is 0 Å². The van der Waals surface area contributed by atoms with Crippen LogP contribution in [0.2, 0.25) is 0 Å². The second kappa shape index (κ2) is 7.81. The van der Waals surface area contributed by atoms with E-state index in [1.807, 2.05) is 0 Å². The fourth-order valence-corrected chi connectivity index (χ4v) is 1.41. The number of H-pyrrole nitrogens is 1. The van der Waals surface area contributed by atoms with Crippen molar-refractivity contribution in [3.8, 4) is 0 Å². The van der Waals surface area contributed by atoms with Crippen LogP contribution in [0.5, 0.6) is 0 Å². The average Bonchev–Trinajstić information content (AvgIpc) is 2.84. The number of hydrogen-bond donors (Lipinski definition) is 3. The van der Waals surface area contributed by atoms with Crippen LogP contribution in [0, 0.1) is 0 Å². The van der Waals surface area contributed by atoms with E-state index in [0.29, 0.717) is 19.6 Å². The van der Waals surface area contributed by atoms with Gasteiger partial charge in [0.1, 0.15) is 5.82 Å². The van der Waals surface area contributed by atoms with Crippen LogP contribution >= 0.6 is 0 Å². The van der Waals surface area contributed by atoms with Gasteiger partial charge >= 0.3 is 0 Å². The van der Waals surface area contributed by atoms with E-state index in [1.54, 1.807) is 19.5 Å². The number of hydrogen-bond acceptors (Lipinski definition) is 4. The van der Waals surface area contributed by atoms with Gasteiger partial charge in [-0.05, 0) is 12.8 Å². The van der Waals surface area contributed by atoms with Gasteiger partial charge in [0.05, 0.1) is 6.04 Å². The van der Waals surface area contributed by atoms with Crippen molar-refractivity contribution < 1.29 is 9.53 Å². The fraction of sp³-hybridized carbons (Fsp3) is 0.636. The molecule has 0 saturated heterocycles. The van der Waals surface area contributed by atoms with Gasteiger partial charge in [-0.25, -0.2) is 4.98 Å². The molecule has 4 N–H and O–H groups in total. The van der Waals surface area contributed by atoms with Crippen LogP contribution < -0.4 is 11.1 Å². The Bertz CT molecular complexity index is 313. The molecule has 1 amide bonds. The predicted molar refractivity (Wildman–Crippen MR) is 64.4 cm³/mol. The monoisotopic (exact) mass is 240 g/mol. The number of imidazole rings is 1. The number of nitrogens with zero attached hydrogens (tertiary/aromatic N) is 1. The van der Waals surface area contributed by atoms with E-state index in [1.165, 1.54) is 0 Å². The summed E-state index contributed by atoms with van der Waals surface area (Å²) in [5.74, 6) is 0.810. The minimum absolute atomic E-state index is 0.124. The van der Waals surface area contributed by atoms with Gasteiger partial charge in [-0.2, -0.15) is 0 Å². The SMILES string of the molecule is COCCC(N)C(=O)NCCCc1ncc[nH]1. The maximum Gasteiger partial charge on any atom is 0.237 e. The lowest BCUT2D eigenvalue weighted by Gasteiger charge is -2.11. The Kier molecular flexibility index (Phi) is 6.27. The first kappa shape index (κ1) is 13.7. The van der Waals surface area contributed by atoms with Crippen molar-refractivity contribution in [1.29, 1.82) is 0 Å². The molecule has 0 bridgehead atoms. The van der Waals surface area contributed by atoms with Gasteiger partial charge in [0.2, 0.25) is 5.91 Å². The second-order valence-corrected chi connectivity index (χ2v) is 3.82. The van der Waals surface area contributed by atoms with Gasteiger partial charge in [-0.15, -0.1) is 0 Å². The van der Waals surface area contributed by atoms with Crippen LogP contribution in [-0.2, 0) is 16.0 Å². The average molecular weight is 240 g/mol. The number of nitrogens with one attached hydrogen (secondary N) is 2. The maximum atomic E-state index is 11.5. The number of aromatic amines is 1. The van der Waals surface area contributed by atoms with Gasteiger partial charge in [-0.3, -0.25) is 4.79 Å². The van der Waals surface area contributed by atoms with E-state index in [0.717, 1.165) is 18.7 Å². The summed E-state index contributed by atoms with van der Waals surface area (Å²) in [6.07, 6.45) is 5.71. The molecule has 1 aromatic heterocycles. The molecule has 0 saturated carbocycles. The van der Waals surface area contributed by atoms with Crippen molar-refractivity contribution in [2.45, 2.75) is 25.3 Å². The summed E-state index contributed by atoms with van der Waals surface area (Å²) in [6.45, 7) is 1.11. The summed E-state index contributed by atoms with van der Waals surface area (Å²) >= 11 is 0. The first-order valence-electron chi connectivity index (χ1n) is 5.74. The lowest BCUT2D eigenvalue weighted by Crippen LogP contribution is -2.41. The molecular formula is C11H20N4O2.